The summed E-state index contributed by atoms with van der Waals surface area (Å²) in [7, 11) is -0.528. The molecule has 1 atom stereocenters. The van der Waals surface area contributed by atoms with Gasteiger partial charge in [0.05, 0.1) is 27.7 Å². The van der Waals surface area contributed by atoms with Crippen molar-refractivity contribution in [2.24, 2.45) is 0 Å². The van der Waals surface area contributed by atoms with E-state index in [4.69, 9.17) is 10.1 Å². The van der Waals surface area contributed by atoms with Gasteiger partial charge < -0.3 is 10.2 Å². The summed E-state index contributed by atoms with van der Waals surface area (Å²) in [5, 5.41) is 7.69. The van der Waals surface area contributed by atoms with Gasteiger partial charge in [-0.25, -0.2) is 22.2 Å². The average Bonchev–Trinajstić information content (AvgIpc) is 3.30. The summed E-state index contributed by atoms with van der Waals surface area (Å²) in [4.78, 5) is 18.7. The van der Waals surface area contributed by atoms with Crippen LogP contribution in [0.25, 0.3) is 16.9 Å². The number of nitrogens with one attached hydrogen (secondary N) is 1. The van der Waals surface area contributed by atoms with Crippen molar-refractivity contribution in [1.29, 1.82) is 0 Å². The maximum absolute atomic E-state index is 12.6. The summed E-state index contributed by atoms with van der Waals surface area (Å²) in [6.07, 6.45) is 0.865. The first-order valence-electron chi connectivity index (χ1n) is 10.5. The van der Waals surface area contributed by atoms with Crippen LogP contribution in [0.4, 0.5) is 5.69 Å². The van der Waals surface area contributed by atoms with Crippen LogP contribution in [0.3, 0.4) is 0 Å². The summed E-state index contributed by atoms with van der Waals surface area (Å²) < 4.78 is 28.3. The van der Waals surface area contributed by atoms with Gasteiger partial charge in [0, 0.05) is 45.7 Å². The topological polar surface area (TPSA) is 99.9 Å². The molecule has 3 aromatic rings. The van der Waals surface area contributed by atoms with Crippen molar-refractivity contribution in [2.75, 3.05) is 32.1 Å². The fourth-order valence-electron chi connectivity index (χ4n) is 4.19. The summed E-state index contributed by atoms with van der Waals surface area (Å²) in [5.41, 5.74) is 4.76. The Morgan fingerprint density at radius 3 is 2.66 bits per heavy atom. The fraction of sp³-hybridized carbons (Fsp3) is 0.409. The molecule has 1 N–H and O–H groups in total. The highest BCUT2D eigenvalue weighted by molar-refractivity contribution is 7.89. The number of fused-ring (bicyclic) bond motifs is 1. The number of amides is 1. The van der Waals surface area contributed by atoms with Crippen molar-refractivity contribution in [3.05, 3.63) is 41.7 Å². The molecule has 0 aliphatic carbocycles. The predicted octanol–water partition coefficient (Wildman–Crippen LogP) is 1.98. The Bertz CT molecular complexity index is 1300. The third-order valence-electron chi connectivity index (χ3n) is 5.68. The van der Waals surface area contributed by atoms with Crippen molar-refractivity contribution in [3.63, 3.8) is 0 Å². The van der Waals surface area contributed by atoms with Gasteiger partial charge in [0.15, 0.2) is 5.65 Å². The van der Waals surface area contributed by atoms with Gasteiger partial charge in [0.2, 0.25) is 15.9 Å². The molecule has 1 amide bonds. The van der Waals surface area contributed by atoms with Crippen molar-refractivity contribution in [3.8, 4) is 11.3 Å². The molecule has 1 saturated heterocycles. The standard InChI is InChI=1S/C22H28N6O3S/c1-14-11-20(27-10-9-18(13-27)24-16(3)29)22-23-15(2)21(28(22)25-14)17-7-6-8-19(12-17)32(30,31)26(4)5/h6-8,11-12,18H,9-10,13H2,1-5H3,(H,24,29). The van der Waals surface area contributed by atoms with Crippen LogP contribution >= 0.6 is 0 Å². The van der Waals surface area contributed by atoms with Gasteiger partial charge in [-0.3, -0.25) is 4.79 Å². The van der Waals surface area contributed by atoms with E-state index in [1.165, 1.54) is 25.3 Å². The first-order valence-corrected chi connectivity index (χ1v) is 11.9. The molecule has 3 heterocycles. The van der Waals surface area contributed by atoms with Crippen LogP contribution in [0.2, 0.25) is 0 Å². The lowest BCUT2D eigenvalue weighted by molar-refractivity contribution is -0.119. The Morgan fingerprint density at radius 1 is 1.22 bits per heavy atom. The van der Waals surface area contributed by atoms with Crippen LogP contribution in [-0.2, 0) is 14.8 Å². The lowest BCUT2D eigenvalue weighted by Gasteiger charge is -2.20. The Balaban J connectivity index is 1.81. The molecule has 32 heavy (non-hydrogen) atoms. The van der Waals surface area contributed by atoms with Gasteiger partial charge in [0.1, 0.15) is 0 Å². The van der Waals surface area contributed by atoms with E-state index in [1.807, 2.05) is 26.0 Å². The zero-order valence-electron chi connectivity index (χ0n) is 19.0. The summed E-state index contributed by atoms with van der Waals surface area (Å²) in [6.45, 7) is 6.88. The molecule has 0 radical (unpaired) electrons. The number of carbonyl (C=O) groups excluding carboxylic acids is 1. The minimum atomic E-state index is -3.56. The number of aryl methyl sites for hydroxylation is 2. The number of hydrogen-bond donors (Lipinski definition) is 1. The molecule has 0 saturated carbocycles. The molecule has 1 aliphatic rings. The number of hydrogen-bond acceptors (Lipinski definition) is 6. The zero-order chi connectivity index (χ0) is 23.2. The second-order valence-electron chi connectivity index (χ2n) is 8.40. The largest absolute Gasteiger partial charge is 0.366 e. The number of nitrogens with zero attached hydrogens (tertiary/aromatic N) is 5. The van der Waals surface area contributed by atoms with Crippen LogP contribution in [-0.4, -0.2) is 66.5 Å². The number of rotatable bonds is 5. The Kier molecular flexibility index (Phi) is 5.68. The second-order valence-corrected chi connectivity index (χ2v) is 10.6. The minimum absolute atomic E-state index is 0.0283. The lowest BCUT2D eigenvalue weighted by Crippen LogP contribution is -2.35. The molecule has 0 bridgehead atoms. The summed E-state index contributed by atoms with van der Waals surface area (Å²) >= 11 is 0. The predicted molar refractivity (Wildman–Crippen MR) is 123 cm³/mol. The van der Waals surface area contributed by atoms with E-state index in [-0.39, 0.29) is 16.8 Å². The quantitative estimate of drug-likeness (QED) is 0.630. The highest BCUT2D eigenvalue weighted by atomic mass is 32.2. The highest BCUT2D eigenvalue weighted by Crippen LogP contribution is 2.32. The van der Waals surface area contributed by atoms with Crippen LogP contribution in [0.5, 0.6) is 0 Å². The van der Waals surface area contributed by atoms with Crippen LogP contribution in [0.15, 0.2) is 35.2 Å². The monoisotopic (exact) mass is 456 g/mol. The minimum Gasteiger partial charge on any atom is -0.366 e. The molecule has 1 unspecified atom stereocenters. The number of carbonyl (C=O) groups is 1. The number of imidazole rings is 1. The van der Waals surface area contributed by atoms with Gasteiger partial charge in [-0.05, 0) is 38.5 Å². The molecule has 4 rings (SSSR count). The average molecular weight is 457 g/mol. The molecular weight excluding hydrogens is 428 g/mol. The maximum Gasteiger partial charge on any atom is 0.242 e. The molecule has 10 heteroatoms. The lowest BCUT2D eigenvalue weighted by atomic mass is 10.1. The normalized spacial score (nSPS) is 16.8. The van der Waals surface area contributed by atoms with Crippen LogP contribution in [0, 0.1) is 13.8 Å². The van der Waals surface area contributed by atoms with E-state index in [9.17, 15) is 13.2 Å². The smallest absolute Gasteiger partial charge is 0.242 e. The molecular formula is C22H28N6O3S. The number of anilines is 1. The second kappa shape index (κ2) is 8.18. The van der Waals surface area contributed by atoms with Crippen LogP contribution in [0.1, 0.15) is 24.7 Å². The Hall–Kier alpha value is -2.98. The third-order valence-corrected chi connectivity index (χ3v) is 7.49. The number of aromatic nitrogens is 3. The number of benzene rings is 1. The molecule has 1 aliphatic heterocycles. The number of sulfonamides is 1. The SMILES string of the molecule is CC(=O)NC1CCN(c2cc(C)nn3c(-c4cccc(S(=O)(=O)N(C)C)c4)c(C)nc23)C1. The Morgan fingerprint density at radius 2 is 1.97 bits per heavy atom. The van der Waals surface area contributed by atoms with Crippen molar-refractivity contribution >= 4 is 27.3 Å². The molecule has 170 valence electrons. The van der Waals surface area contributed by atoms with E-state index >= 15 is 0 Å². The maximum atomic E-state index is 12.6. The first-order chi connectivity index (χ1) is 15.1. The first kappa shape index (κ1) is 22.2. The van der Waals surface area contributed by atoms with E-state index in [2.05, 4.69) is 10.2 Å². The van der Waals surface area contributed by atoms with Gasteiger partial charge in [-0.2, -0.15) is 5.10 Å². The van der Waals surface area contributed by atoms with Crippen molar-refractivity contribution < 1.29 is 13.2 Å². The summed E-state index contributed by atoms with van der Waals surface area (Å²) in [5.74, 6) is -0.0283. The van der Waals surface area contributed by atoms with Gasteiger partial charge in [0.25, 0.3) is 0 Å². The van der Waals surface area contributed by atoms with Crippen molar-refractivity contribution in [2.45, 2.75) is 38.1 Å². The molecule has 2 aromatic heterocycles. The zero-order valence-corrected chi connectivity index (χ0v) is 19.8. The third kappa shape index (κ3) is 3.95. The van der Waals surface area contributed by atoms with Gasteiger partial charge >= 0.3 is 0 Å². The van der Waals surface area contributed by atoms with E-state index in [1.54, 1.807) is 22.7 Å². The fourth-order valence-corrected chi connectivity index (χ4v) is 5.14. The highest BCUT2D eigenvalue weighted by Gasteiger charge is 2.27. The van der Waals surface area contributed by atoms with Crippen LogP contribution < -0.4 is 10.2 Å². The van der Waals surface area contributed by atoms with E-state index in [0.29, 0.717) is 12.2 Å². The molecule has 0 spiro atoms. The van der Waals surface area contributed by atoms with Gasteiger partial charge in [-0.15, -0.1) is 0 Å². The molecule has 1 fully saturated rings. The Labute approximate surface area is 188 Å². The summed E-state index contributed by atoms with van der Waals surface area (Å²) in [6, 6.07) is 8.97. The molecule has 1 aromatic carbocycles. The van der Waals surface area contributed by atoms with Gasteiger partial charge in [-0.1, -0.05) is 12.1 Å². The van der Waals surface area contributed by atoms with E-state index < -0.39 is 10.0 Å². The van der Waals surface area contributed by atoms with E-state index in [0.717, 1.165) is 41.3 Å². The molecule has 9 nitrogen and oxygen atoms in total. The van der Waals surface area contributed by atoms with Crippen molar-refractivity contribution in [1.82, 2.24) is 24.2 Å².